The van der Waals surface area contributed by atoms with Gasteiger partial charge in [0, 0.05) is 5.57 Å². The molecular weight excluding hydrogens is 377 g/mol. The van der Waals surface area contributed by atoms with Gasteiger partial charge in [0.1, 0.15) is 6.20 Å². The van der Waals surface area contributed by atoms with Gasteiger partial charge in [0.05, 0.1) is 18.9 Å². The zero-order valence-corrected chi connectivity index (χ0v) is 14.6. The Labute approximate surface area is 146 Å². The van der Waals surface area contributed by atoms with Gasteiger partial charge in [0.15, 0.2) is 0 Å². The molecule has 0 amide bonds. The number of para-hydroxylation sites is 1. The first-order chi connectivity index (χ1) is 11.8. The Hall–Kier alpha value is -2.31. The molecule has 3 rings (SSSR count). The Bertz CT molecular complexity index is 790. The summed E-state index contributed by atoms with van der Waals surface area (Å²) in [4.78, 5) is 0. The van der Waals surface area contributed by atoms with Crippen LogP contribution >= 0.6 is 7.81 Å². The van der Waals surface area contributed by atoms with Crippen LogP contribution in [0.5, 0.6) is 0 Å². The van der Waals surface area contributed by atoms with Crippen LogP contribution < -0.4 is 10.0 Å². The van der Waals surface area contributed by atoms with Crippen LogP contribution in [0.4, 0.5) is 30.9 Å². The first-order valence-corrected chi connectivity index (χ1v) is 9.52. The van der Waals surface area contributed by atoms with E-state index >= 15 is 0 Å². The summed E-state index contributed by atoms with van der Waals surface area (Å²) in [5, 5.41) is 3.43. The molecule has 0 spiro atoms. The third-order valence-corrected chi connectivity index (χ3v) is 3.29. The van der Waals surface area contributed by atoms with Crippen molar-refractivity contribution >= 4 is 19.1 Å². The Morgan fingerprint density at radius 3 is 1.69 bits per heavy atom. The van der Waals surface area contributed by atoms with Gasteiger partial charge in [0.25, 0.3) is 0 Å². The predicted molar refractivity (Wildman–Crippen MR) is 92.9 cm³/mol. The van der Waals surface area contributed by atoms with Crippen molar-refractivity contribution in [3.8, 4) is 0 Å². The van der Waals surface area contributed by atoms with Gasteiger partial charge in [-0.05, 0) is 23.8 Å². The Morgan fingerprint density at radius 2 is 1.23 bits per heavy atom. The van der Waals surface area contributed by atoms with Crippen LogP contribution in [0.15, 0.2) is 79.1 Å². The molecule has 0 bridgehead atoms. The molecule has 1 N–H and O–H groups in total. The van der Waals surface area contributed by atoms with Gasteiger partial charge in [-0.25, -0.2) is 5.01 Å². The zero-order valence-electron chi connectivity index (χ0n) is 13.7. The summed E-state index contributed by atoms with van der Waals surface area (Å²) in [6.07, 6.45) is 6.52. The molecule has 9 heteroatoms. The average Bonchev–Trinajstić information content (AvgIpc) is 2.53. The Morgan fingerprint density at radius 1 is 0.769 bits per heavy atom. The summed E-state index contributed by atoms with van der Waals surface area (Å²) in [5.74, 6) is 0. The molecule has 0 radical (unpaired) electrons. The van der Waals surface area contributed by atoms with Crippen molar-refractivity contribution in [3.05, 3.63) is 84.7 Å². The fourth-order valence-electron chi connectivity index (χ4n) is 2.30. The van der Waals surface area contributed by atoms with E-state index in [9.17, 15) is 25.2 Å². The standard InChI is InChI=1S/C17H16N2.F6P/c1-18-14-16(15-8-4-2-5-9-15)12-13-19(18)17-10-6-3-7-11-17;1-7(2,3,4,5)6/h2-14H,1H3;/q;-1/p+1. The van der Waals surface area contributed by atoms with E-state index in [1.165, 1.54) is 21.8 Å². The molecule has 26 heavy (non-hydrogen) atoms. The van der Waals surface area contributed by atoms with E-state index in [1.54, 1.807) is 0 Å². The van der Waals surface area contributed by atoms with Gasteiger partial charge in [-0.3, -0.25) is 0 Å². The number of rotatable bonds is 2. The molecule has 1 atom stereocenters. The normalized spacial score (nSPS) is 19.6. The molecule has 142 valence electrons. The van der Waals surface area contributed by atoms with Crippen molar-refractivity contribution in [3.63, 3.8) is 0 Å². The van der Waals surface area contributed by atoms with Crippen LogP contribution in [0, 0.1) is 0 Å². The molecule has 0 fully saturated rings. The van der Waals surface area contributed by atoms with E-state index in [0.29, 0.717) is 0 Å². The zero-order chi connectivity index (χ0) is 19.5. The first kappa shape index (κ1) is 20.0. The summed E-state index contributed by atoms with van der Waals surface area (Å²) in [5.41, 5.74) is 3.70. The van der Waals surface area contributed by atoms with E-state index in [4.69, 9.17) is 0 Å². The Balaban J connectivity index is 0.000000298. The SMILES string of the molecule is C[NH+]1C=C(c2ccccc2)C=CN1c1ccccc1.F[P-](F)(F)(F)(F)F. The van der Waals surface area contributed by atoms with Crippen molar-refractivity contribution in [2.45, 2.75) is 0 Å². The van der Waals surface area contributed by atoms with Gasteiger partial charge < -0.3 is 0 Å². The average molecular weight is 394 g/mol. The van der Waals surface area contributed by atoms with Crippen LogP contribution in [0.3, 0.4) is 0 Å². The van der Waals surface area contributed by atoms with E-state index in [0.717, 1.165) is 0 Å². The van der Waals surface area contributed by atoms with Crippen molar-refractivity contribution in [1.29, 1.82) is 0 Å². The summed E-state index contributed by atoms with van der Waals surface area (Å²) in [6, 6.07) is 20.9. The predicted octanol–water partition coefficient (Wildman–Crippen LogP) is 5.87. The fourth-order valence-corrected chi connectivity index (χ4v) is 2.30. The summed E-state index contributed by atoms with van der Waals surface area (Å²) < 4.78 is 59.2. The minimum atomic E-state index is -10.7. The third kappa shape index (κ3) is 7.72. The Kier molecular flexibility index (Phi) is 4.96. The molecule has 1 aliphatic rings. The first-order valence-electron chi connectivity index (χ1n) is 7.49. The second-order valence-electron chi connectivity index (χ2n) is 5.59. The van der Waals surface area contributed by atoms with E-state index < -0.39 is 7.81 Å². The second-order valence-corrected chi connectivity index (χ2v) is 7.50. The molecule has 0 aliphatic carbocycles. The molecule has 2 aromatic carbocycles. The number of quaternary nitrogens is 1. The second kappa shape index (κ2) is 6.45. The van der Waals surface area contributed by atoms with Gasteiger partial charge in [-0.15, -0.1) is 0 Å². The van der Waals surface area contributed by atoms with Crippen molar-refractivity contribution < 1.29 is 30.2 Å². The fraction of sp³-hybridized carbons (Fsp3) is 0.0588. The quantitative estimate of drug-likeness (QED) is 0.494. The van der Waals surface area contributed by atoms with Crippen LogP contribution in [-0.4, -0.2) is 7.05 Å². The molecule has 0 aromatic heterocycles. The molecule has 2 nitrogen and oxygen atoms in total. The van der Waals surface area contributed by atoms with Gasteiger partial charge >= 0.3 is 33.0 Å². The van der Waals surface area contributed by atoms with E-state index in [2.05, 4.69) is 79.1 Å². The number of nitrogens with zero attached hydrogens (tertiary/aromatic N) is 1. The van der Waals surface area contributed by atoms with Crippen molar-refractivity contribution in [1.82, 2.24) is 0 Å². The number of halogens is 6. The molecular formula is C17H17F6N2P. The molecule has 1 aliphatic heterocycles. The number of hydrogen-bond donors (Lipinski definition) is 1. The molecule has 0 saturated heterocycles. The molecule has 0 saturated carbocycles. The maximum absolute atomic E-state index is 10.7. The summed E-state index contributed by atoms with van der Waals surface area (Å²) >= 11 is 0. The number of benzene rings is 2. The van der Waals surface area contributed by atoms with Gasteiger partial charge in [-0.2, -0.15) is 5.01 Å². The van der Waals surface area contributed by atoms with Crippen molar-refractivity contribution in [2.75, 3.05) is 12.1 Å². The number of nitrogens with one attached hydrogen (secondary N) is 1. The van der Waals surface area contributed by atoms with Crippen LogP contribution in [0.2, 0.25) is 0 Å². The van der Waals surface area contributed by atoms with Crippen molar-refractivity contribution in [2.24, 2.45) is 0 Å². The number of anilines is 1. The number of hydrogen-bond acceptors (Lipinski definition) is 1. The maximum atomic E-state index is 9.87. The molecule has 1 heterocycles. The van der Waals surface area contributed by atoms with Crippen LogP contribution in [0.25, 0.3) is 5.57 Å². The summed E-state index contributed by atoms with van der Waals surface area (Å²) in [7, 11) is -8.52. The van der Waals surface area contributed by atoms with E-state index in [1.807, 2.05) is 12.1 Å². The molecule has 1 unspecified atom stereocenters. The van der Waals surface area contributed by atoms with Gasteiger partial charge in [0.2, 0.25) is 0 Å². The van der Waals surface area contributed by atoms with E-state index in [-0.39, 0.29) is 0 Å². The van der Waals surface area contributed by atoms with Crippen LogP contribution in [-0.2, 0) is 0 Å². The third-order valence-electron chi connectivity index (χ3n) is 3.29. The molecule has 2 aromatic rings. The topological polar surface area (TPSA) is 7.68 Å². The van der Waals surface area contributed by atoms with Gasteiger partial charge in [-0.1, -0.05) is 48.5 Å². The number of allylic oxidation sites excluding steroid dienone is 2. The minimum absolute atomic E-state index is 1.19. The summed E-state index contributed by atoms with van der Waals surface area (Å²) in [6.45, 7) is 0. The van der Waals surface area contributed by atoms with Crippen LogP contribution in [0.1, 0.15) is 5.56 Å². The monoisotopic (exact) mass is 394 g/mol.